The van der Waals surface area contributed by atoms with Crippen molar-refractivity contribution in [1.82, 2.24) is 0 Å². The minimum atomic E-state index is -0.451. The van der Waals surface area contributed by atoms with E-state index in [0.29, 0.717) is 12.4 Å². The highest BCUT2D eigenvalue weighted by molar-refractivity contribution is 5.01. The molecule has 1 heterocycles. The van der Waals surface area contributed by atoms with Gasteiger partial charge in [-0.05, 0) is 25.0 Å². The zero-order valence-corrected chi connectivity index (χ0v) is 9.77. The first kappa shape index (κ1) is 13.3. The molecule has 0 saturated heterocycles. The minimum Gasteiger partial charge on any atom is -0.467 e. The summed E-state index contributed by atoms with van der Waals surface area (Å²) < 4.78 is 5.13. The van der Waals surface area contributed by atoms with Gasteiger partial charge in [0.25, 0.3) is 0 Å². The maximum Gasteiger partial charge on any atom is 0.132 e. The summed E-state index contributed by atoms with van der Waals surface area (Å²) in [6.07, 6.45) is 8.46. The van der Waals surface area contributed by atoms with Gasteiger partial charge < -0.3 is 14.6 Å². The SMILES string of the molecule is OCCCCCCCC[C@H](O)c1ccco1. The number of hydrogen-bond acceptors (Lipinski definition) is 3. The minimum absolute atomic E-state index is 0.303. The Balaban J connectivity index is 1.95. The van der Waals surface area contributed by atoms with Crippen LogP contribution in [0, 0.1) is 0 Å². The van der Waals surface area contributed by atoms with E-state index in [1.54, 1.807) is 12.3 Å². The fourth-order valence-electron chi connectivity index (χ4n) is 1.78. The van der Waals surface area contributed by atoms with Crippen molar-refractivity contribution in [1.29, 1.82) is 0 Å². The standard InChI is InChI=1S/C13H22O3/c14-10-6-4-2-1-3-5-8-12(15)13-9-7-11-16-13/h7,9,11-12,14-15H,1-6,8,10H2/t12-/m0/s1. The van der Waals surface area contributed by atoms with Crippen molar-refractivity contribution in [2.75, 3.05) is 6.61 Å². The molecule has 1 aromatic heterocycles. The van der Waals surface area contributed by atoms with Crippen LogP contribution < -0.4 is 0 Å². The van der Waals surface area contributed by atoms with Gasteiger partial charge in [-0.2, -0.15) is 0 Å². The lowest BCUT2D eigenvalue weighted by molar-refractivity contribution is 0.136. The van der Waals surface area contributed by atoms with E-state index in [2.05, 4.69) is 0 Å². The van der Waals surface area contributed by atoms with Crippen LogP contribution in [-0.2, 0) is 0 Å². The predicted molar refractivity (Wildman–Crippen MR) is 63.1 cm³/mol. The van der Waals surface area contributed by atoms with Crippen LogP contribution >= 0.6 is 0 Å². The summed E-state index contributed by atoms with van der Waals surface area (Å²) in [5.41, 5.74) is 0. The monoisotopic (exact) mass is 226 g/mol. The first-order chi connectivity index (χ1) is 7.84. The molecular weight excluding hydrogens is 204 g/mol. The normalized spacial score (nSPS) is 12.9. The van der Waals surface area contributed by atoms with Gasteiger partial charge in [0.15, 0.2) is 0 Å². The Morgan fingerprint density at radius 2 is 1.75 bits per heavy atom. The predicted octanol–water partition coefficient (Wildman–Crippen LogP) is 3.04. The van der Waals surface area contributed by atoms with Gasteiger partial charge in [-0.3, -0.25) is 0 Å². The Morgan fingerprint density at radius 3 is 2.38 bits per heavy atom. The van der Waals surface area contributed by atoms with E-state index >= 15 is 0 Å². The Kier molecular flexibility index (Phi) is 6.93. The second-order valence-electron chi connectivity index (χ2n) is 4.16. The smallest absolute Gasteiger partial charge is 0.132 e. The van der Waals surface area contributed by atoms with Crippen LogP contribution in [0.3, 0.4) is 0 Å². The van der Waals surface area contributed by atoms with Crippen LogP contribution in [0.15, 0.2) is 22.8 Å². The van der Waals surface area contributed by atoms with E-state index in [9.17, 15) is 5.11 Å². The van der Waals surface area contributed by atoms with E-state index < -0.39 is 6.10 Å². The molecule has 3 nitrogen and oxygen atoms in total. The highest BCUT2D eigenvalue weighted by Gasteiger charge is 2.08. The molecule has 92 valence electrons. The van der Waals surface area contributed by atoms with Crippen molar-refractivity contribution < 1.29 is 14.6 Å². The largest absolute Gasteiger partial charge is 0.467 e. The Labute approximate surface area is 97.1 Å². The molecule has 0 saturated carbocycles. The summed E-state index contributed by atoms with van der Waals surface area (Å²) in [7, 11) is 0. The third kappa shape index (κ3) is 5.33. The molecule has 0 spiro atoms. The molecule has 2 N–H and O–H groups in total. The molecule has 16 heavy (non-hydrogen) atoms. The number of hydrogen-bond donors (Lipinski definition) is 2. The van der Waals surface area contributed by atoms with Gasteiger partial charge in [0.1, 0.15) is 11.9 Å². The van der Waals surface area contributed by atoms with Gasteiger partial charge in [0.2, 0.25) is 0 Å². The zero-order chi connectivity index (χ0) is 11.6. The Morgan fingerprint density at radius 1 is 1.06 bits per heavy atom. The summed E-state index contributed by atoms with van der Waals surface area (Å²) in [5.74, 6) is 0.667. The second kappa shape index (κ2) is 8.36. The van der Waals surface area contributed by atoms with Crippen molar-refractivity contribution in [2.24, 2.45) is 0 Å². The first-order valence-electron chi connectivity index (χ1n) is 6.17. The van der Waals surface area contributed by atoms with Gasteiger partial charge in [-0.1, -0.05) is 32.1 Å². The third-order valence-electron chi connectivity index (χ3n) is 2.76. The lowest BCUT2D eigenvalue weighted by atomic mass is 10.1. The molecule has 1 atom stereocenters. The van der Waals surface area contributed by atoms with Crippen molar-refractivity contribution in [3.8, 4) is 0 Å². The molecule has 3 heteroatoms. The molecular formula is C13H22O3. The summed E-state index contributed by atoms with van der Waals surface area (Å²) >= 11 is 0. The number of unbranched alkanes of at least 4 members (excludes halogenated alkanes) is 5. The van der Waals surface area contributed by atoms with Crippen LogP contribution in [0.5, 0.6) is 0 Å². The maximum atomic E-state index is 9.72. The van der Waals surface area contributed by atoms with E-state index in [-0.39, 0.29) is 0 Å². The van der Waals surface area contributed by atoms with E-state index in [4.69, 9.17) is 9.52 Å². The van der Waals surface area contributed by atoms with Gasteiger partial charge in [0, 0.05) is 6.61 Å². The number of furan rings is 1. The molecule has 1 aromatic rings. The fourth-order valence-corrected chi connectivity index (χ4v) is 1.78. The lowest BCUT2D eigenvalue weighted by Crippen LogP contribution is -1.95. The van der Waals surface area contributed by atoms with Gasteiger partial charge in [0.05, 0.1) is 6.26 Å². The molecule has 0 aliphatic carbocycles. The Hall–Kier alpha value is -0.800. The van der Waals surface area contributed by atoms with Crippen LogP contribution in [0.1, 0.15) is 56.8 Å². The van der Waals surface area contributed by atoms with E-state index in [1.165, 1.54) is 12.8 Å². The van der Waals surface area contributed by atoms with Crippen molar-refractivity contribution >= 4 is 0 Å². The number of rotatable bonds is 9. The number of aliphatic hydroxyl groups excluding tert-OH is 2. The Bertz CT molecular complexity index is 244. The number of aliphatic hydroxyl groups is 2. The quantitative estimate of drug-likeness (QED) is 0.636. The molecule has 0 bridgehead atoms. The van der Waals surface area contributed by atoms with Gasteiger partial charge >= 0.3 is 0 Å². The summed E-state index contributed by atoms with van der Waals surface area (Å²) in [6, 6.07) is 3.61. The molecule has 0 radical (unpaired) electrons. The third-order valence-corrected chi connectivity index (χ3v) is 2.76. The van der Waals surface area contributed by atoms with E-state index in [1.807, 2.05) is 6.07 Å². The average molecular weight is 226 g/mol. The molecule has 0 aliphatic rings. The van der Waals surface area contributed by atoms with Crippen molar-refractivity contribution in [3.63, 3.8) is 0 Å². The fraction of sp³-hybridized carbons (Fsp3) is 0.692. The van der Waals surface area contributed by atoms with Crippen LogP contribution in [0.25, 0.3) is 0 Å². The first-order valence-corrected chi connectivity index (χ1v) is 6.17. The molecule has 1 rings (SSSR count). The molecule has 0 aliphatic heterocycles. The molecule has 0 aromatic carbocycles. The van der Waals surface area contributed by atoms with Gasteiger partial charge in [-0.25, -0.2) is 0 Å². The zero-order valence-electron chi connectivity index (χ0n) is 9.77. The van der Waals surface area contributed by atoms with Crippen LogP contribution in [0.4, 0.5) is 0 Å². The molecule has 0 unspecified atom stereocenters. The highest BCUT2D eigenvalue weighted by atomic mass is 16.4. The van der Waals surface area contributed by atoms with Gasteiger partial charge in [-0.15, -0.1) is 0 Å². The summed E-state index contributed by atoms with van der Waals surface area (Å²) in [5, 5.41) is 18.3. The lowest BCUT2D eigenvalue weighted by Gasteiger charge is -2.07. The summed E-state index contributed by atoms with van der Waals surface area (Å²) in [4.78, 5) is 0. The molecule has 0 amide bonds. The highest BCUT2D eigenvalue weighted by Crippen LogP contribution is 2.20. The summed E-state index contributed by atoms with van der Waals surface area (Å²) in [6.45, 7) is 0.303. The maximum absolute atomic E-state index is 9.72. The van der Waals surface area contributed by atoms with Crippen LogP contribution in [0.2, 0.25) is 0 Å². The molecule has 0 fully saturated rings. The van der Waals surface area contributed by atoms with Crippen LogP contribution in [-0.4, -0.2) is 16.8 Å². The van der Waals surface area contributed by atoms with Crippen molar-refractivity contribution in [2.45, 2.75) is 51.0 Å². The van der Waals surface area contributed by atoms with E-state index in [0.717, 1.165) is 32.1 Å². The van der Waals surface area contributed by atoms with Crippen molar-refractivity contribution in [3.05, 3.63) is 24.2 Å². The second-order valence-corrected chi connectivity index (χ2v) is 4.16. The average Bonchev–Trinajstić information content (AvgIpc) is 2.81. The topological polar surface area (TPSA) is 53.6 Å².